The summed E-state index contributed by atoms with van der Waals surface area (Å²) < 4.78 is 22.9. The minimum Gasteiger partial charge on any atom is -0.444 e. The van der Waals surface area contributed by atoms with Gasteiger partial charge in [0.25, 0.3) is 0 Å². The van der Waals surface area contributed by atoms with Crippen LogP contribution in [0, 0.1) is 5.82 Å². The van der Waals surface area contributed by atoms with Gasteiger partial charge in [-0.2, -0.15) is 0 Å². The number of aryl methyl sites for hydroxylation is 1. The highest BCUT2D eigenvalue weighted by atomic mass is 19.1. The van der Waals surface area contributed by atoms with Crippen LogP contribution in [-0.2, 0) is 11.8 Å². The maximum atomic E-state index is 13.6. The molecule has 2 aromatic carbocycles. The van der Waals surface area contributed by atoms with E-state index in [1.165, 1.54) is 17.7 Å². The molecule has 0 atom stereocenters. The monoisotopic (exact) mass is 476 g/mol. The van der Waals surface area contributed by atoms with Crippen molar-refractivity contribution in [1.82, 2.24) is 29.7 Å². The van der Waals surface area contributed by atoms with Crippen molar-refractivity contribution in [2.24, 2.45) is 7.05 Å². The van der Waals surface area contributed by atoms with E-state index in [1.54, 1.807) is 21.7 Å². The molecule has 4 aromatic rings. The second-order valence-electron chi connectivity index (χ2n) is 10.0. The van der Waals surface area contributed by atoms with E-state index in [0.717, 1.165) is 35.0 Å². The minimum absolute atomic E-state index is 0.262. The molecule has 5 rings (SSSR count). The molecule has 1 aliphatic heterocycles. The number of aromatic nitrogens is 5. The molecule has 1 saturated heterocycles. The van der Waals surface area contributed by atoms with Crippen molar-refractivity contribution in [1.29, 1.82) is 0 Å². The van der Waals surface area contributed by atoms with Crippen molar-refractivity contribution in [3.05, 3.63) is 60.0 Å². The number of rotatable bonds is 3. The third-order valence-electron chi connectivity index (χ3n) is 6.40. The predicted octanol–water partition coefficient (Wildman–Crippen LogP) is 5.07. The van der Waals surface area contributed by atoms with E-state index in [4.69, 9.17) is 4.74 Å². The van der Waals surface area contributed by atoms with Crippen molar-refractivity contribution in [3.63, 3.8) is 0 Å². The molecule has 1 fully saturated rings. The quantitative estimate of drug-likeness (QED) is 0.412. The standard InChI is InChI=1S/C26H29FN6O2/c1-26(2,3)35-25(34)32-13-11-17(12-14-32)22-16-33(20-8-6-19(27)7-9-20)23-10-5-18(15-21(22)23)24-28-29-30-31(24)4/h5-10,15-17H,11-14H2,1-4H3. The molecule has 0 bridgehead atoms. The number of carbonyl (C=O) groups is 1. The number of halogens is 1. The molecule has 35 heavy (non-hydrogen) atoms. The Balaban J connectivity index is 1.51. The molecular formula is C26H29FN6O2. The number of ether oxygens (including phenoxy) is 1. The Morgan fingerprint density at radius 1 is 1.09 bits per heavy atom. The van der Waals surface area contributed by atoms with E-state index < -0.39 is 5.60 Å². The van der Waals surface area contributed by atoms with Crippen LogP contribution >= 0.6 is 0 Å². The van der Waals surface area contributed by atoms with Gasteiger partial charge in [0.2, 0.25) is 0 Å². The van der Waals surface area contributed by atoms with Crippen LogP contribution in [0.4, 0.5) is 9.18 Å². The summed E-state index contributed by atoms with van der Waals surface area (Å²) in [5, 5.41) is 13.0. The van der Waals surface area contributed by atoms with E-state index in [0.29, 0.717) is 18.9 Å². The van der Waals surface area contributed by atoms with Gasteiger partial charge in [-0.15, -0.1) is 5.10 Å². The summed E-state index contributed by atoms with van der Waals surface area (Å²) in [5.74, 6) is 0.690. The fourth-order valence-electron chi connectivity index (χ4n) is 4.71. The maximum absolute atomic E-state index is 13.6. The van der Waals surface area contributed by atoms with E-state index in [2.05, 4.69) is 38.4 Å². The molecular weight excluding hydrogens is 447 g/mol. The second-order valence-corrected chi connectivity index (χ2v) is 10.0. The number of tetrazole rings is 1. The fraction of sp³-hybridized carbons (Fsp3) is 0.385. The summed E-state index contributed by atoms with van der Waals surface area (Å²) in [4.78, 5) is 14.3. The zero-order chi connectivity index (χ0) is 24.7. The Kier molecular flexibility index (Phi) is 5.78. The van der Waals surface area contributed by atoms with Crippen molar-refractivity contribution in [2.75, 3.05) is 13.1 Å². The van der Waals surface area contributed by atoms with E-state index in [-0.39, 0.29) is 17.8 Å². The first-order valence-corrected chi connectivity index (χ1v) is 11.8. The van der Waals surface area contributed by atoms with Gasteiger partial charge in [-0.1, -0.05) is 0 Å². The molecule has 1 aliphatic rings. The van der Waals surface area contributed by atoms with E-state index in [9.17, 15) is 9.18 Å². The highest BCUT2D eigenvalue weighted by Gasteiger charge is 2.29. The molecule has 182 valence electrons. The molecule has 8 nitrogen and oxygen atoms in total. The molecule has 0 saturated carbocycles. The summed E-state index contributed by atoms with van der Waals surface area (Å²) in [7, 11) is 1.82. The SMILES string of the molecule is Cn1nnnc1-c1ccc2c(c1)c(C1CCN(C(=O)OC(C)(C)C)CC1)cn2-c1ccc(F)cc1. The topological polar surface area (TPSA) is 78.1 Å². The van der Waals surface area contributed by atoms with Crippen LogP contribution in [0.2, 0.25) is 0 Å². The van der Waals surface area contributed by atoms with Crippen molar-refractivity contribution in [2.45, 2.75) is 45.1 Å². The lowest BCUT2D eigenvalue weighted by Crippen LogP contribution is -2.41. The van der Waals surface area contributed by atoms with Crippen molar-refractivity contribution >= 4 is 17.0 Å². The van der Waals surface area contributed by atoms with Crippen LogP contribution in [0.1, 0.15) is 45.1 Å². The Morgan fingerprint density at radius 2 is 1.80 bits per heavy atom. The van der Waals surface area contributed by atoms with Crippen LogP contribution in [-0.4, -0.2) is 54.5 Å². The maximum Gasteiger partial charge on any atom is 0.410 e. The number of nitrogens with zero attached hydrogens (tertiary/aromatic N) is 6. The zero-order valence-corrected chi connectivity index (χ0v) is 20.4. The molecule has 2 aromatic heterocycles. The Hall–Kier alpha value is -3.75. The first-order chi connectivity index (χ1) is 16.7. The van der Waals surface area contributed by atoms with Gasteiger partial charge in [-0.05, 0) is 98.0 Å². The summed E-state index contributed by atoms with van der Waals surface area (Å²) in [6.07, 6.45) is 3.54. The normalized spacial score (nSPS) is 15.1. The number of benzene rings is 2. The molecule has 0 N–H and O–H groups in total. The molecule has 0 aliphatic carbocycles. The van der Waals surface area contributed by atoms with Gasteiger partial charge in [0, 0.05) is 43.0 Å². The van der Waals surface area contributed by atoms with Gasteiger partial charge in [0.1, 0.15) is 11.4 Å². The molecule has 0 radical (unpaired) electrons. The van der Waals surface area contributed by atoms with Gasteiger partial charge >= 0.3 is 6.09 Å². The van der Waals surface area contributed by atoms with Crippen LogP contribution in [0.3, 0.4) is 0 Å². The van der Waals surface area contributed by atoms with Gasteiger partial charge in [-0.3, -0.25) is 0 Å². The Morgan fingerprint density at radius 3 is 2.43 bits per heavy atom. The second kappa shape index (κ2) is 8.79. The average Bonchev–Trinajstić information content (AvgIpc) is 3.42. The minimum atomic E-state index is -0.512. The number of fused-ring (bicyclic) bond motifs is 1. The molecule has 1 amide bonds. The molecule has 3 heterocycles. The third-order valence-corrected chi connectivity index (χ3v) is 6.40. The first-order valence-electron chi connectivity index (χ1n) is 11.8. The van der Waals surface area contributed by atoms with Gasteiger partial charge in [0.05, 0.1) is 5.52 Å². The zero-order valence-electron chi connectivity index (χ0n) is 20.4. The fourth-order valence-corrected chi connectivity index (χ4v) is 4.71. The summed E-state index contributed by atoms with van der Waals surface area (Å²) >= 11 is 0. The first kappa shape index (κ1) is 23.0. The number of piperidine rings is 1. The third kappa shape index (κ3) is 4.62. The van der Waals surface area contributed by atoms with E-state index >= 15 is 0 Å². The van der Waals surface area contributed by atoms with Crippen LogP contribution in [0.15, 0.2) is 48.7 Å². The molecule has 9 heteroatoms. The highest BCUT2D eigenvalue weighted by Crippen LogP contribution is 2.37. The number of likely N-dealkylation sites (tertiary alicyclic amines) is 1. The lowest BCUT2D eigenvalue weighted by molar-refractivity contribution is 0.0205. The molecule has 0 unspecified atom stereocenters. The number of amides is 1. The van der Waals surface area contributed by atoms with Crippen LogP contribution in [0.5, 0.6) is 0 Å². The van der Waals surface area contributed by atoms with Crippen LogP contribution in [0.25, 0.3) is 28.0 Å². The lowest BCUT2D eigenvalue weighted by Gasteiger charge is -2.33. The number of hydrogen-bond acceptors (Lipinski definition) is 5. The summed E-state index contributed by atoms with van der Waals surface area (Å²) in [5.41, 5.74) is 3.53. The van der Waals surface area contributed by atoms with Crippen LogP contribution < -0.4 is 0 Å². The largest absolute Gasteiger partial charge is 0.444 e. The number of carbonyl (C=O) groups excluding carboxylic acids is 1. The lowest BCUT2D eigenvalue weighted by atomic mass is 9.89. The predicted molar refractivity (Wildman–Crippen MR) is 131 cm³/mol. The Bertz CT molecular complexity index is 1360. The van der Waals surface area contributed by atoms with E-state index in [1.807, 2.05) is 33.9 Å². The number of hydrogen-bond donors (Lipinski definition) is 0. The molecule has 0 spiro atoms. The van der Waals surface area contributed by atoms with Crippen molar-refractivity contribution < 1.29 is 13.9 Å². The summed E-state index contributed by atoms with van der Waals surface area (Å²) in [6.45, 7) is 6.91. The van der Waals surface area contributed by atoms with Gasteiger partial charge < -0.3 is 14.2 Å². The van der Waals surface area contributed by atoms with Gasteiger partial charge in [-0.25, -0.2) is 13.9 Å². The smallest absolute Gasteiger partial charge is 0.410 e. The average molecular weight is 477 g/mol. The summed E-state index contributed by atoms with van der Waals surface area (Å²) in [6, 6.07) is 12.7. The van der Waals surface area contributed by atoms with Crippen molar-refractivity contribution in [3.8, 4) is 17.1 Å². The highest BCUT2D eigenvalue weighted by molar-refractivity contribution is 5.89. The van der Waals surface area contributed by atoms with Gasteiger partial charge in [0.15, 0.2) is 5.82 Å². The Labute approximate surface area is 203 Å².